The maximum absolute atomic E-state index is 11.0. The summed E-state index contributed by atoms with van der Waals surface area (Å²) in [5, 5.41) is 4.72. The van der Waals surface area contributed by atoms with Crippen molar-refractivity contribution in [2.45, 2.75) is 6.92 Å². The highest BCUT2D eigenvalue weighted by Crippen LogP contribution is 2.40. The topological polar surface area (TPSA) is 54.9 Å². The molecule has 4 aromatic rings. The van der Waals surface area contributed by atoms with E-state index in [0.717, 1.165) is 10.6 Å². The fourth-order valence-corrected chi connectivity index (χ4v) is 5.23. The van der Waals surface area contributed by atoms with Crippen molar-refractivity contribution in [1.82, 2.24) is 9.97 Å². The predicted octanol–water partition coefficient (Wildman–Crippen LogP) is 5.62. The Morgan fingerprint density at radius 3 is 2.16 bits per heavy atom. The van der Waals surface area contributed by atoms with Gasteiger partial charge in [-0.15, -0.1) is 34.0 Å². The predicted molar refractivity (Wildman–Crippen MR) is 106 cm³/mol. The van der Waals surface area contributed by atoms with E-state index in [4.69, 9.17) is 0 Å². The fraction of sp³-hybridized carbons (Fsp3) is 0.0556. The lowest BCUT2D eigenvalue weighted by Crippen LogP contribution is -2.07. The molecule has 1 N–H and O–H groups in total. The third-order valence-electron chi connectivity index (χ3n) is 3.43. The zero-order valence-electron chi connectivity index (χ0n) is 13.2. The number of hydrogen-bond acceptors (Lipinski definition) is 6. The van der Waals surface area contributed by atoms with E-state index in [1.807, 2.05) is 0 Å². The molecule has 0 bridgehead atoms. The van der Waals surface area contributed by atoms with Gasteiger partial charge in [0.25, 0.3) is 0 Å². The van der Waals surface area contributed by atoms with Crippen LogP contribution < -0.4 is 5.32 Å². The van der Waals surface area contributed by atoms with Crippen molar-refractivity contribution < 1.29 is 4.79 Å². The van der Waals surface area contributed by atoms with Crippen LogP contribution in [0.1, 0.15) is 6.92 Å². The van der Waals surface area contributed by atoms with Crippen LogP contribution in [0, 0.1) is 0 Å². The minimum Gasteiger partial charge on any atom is -0.310 e. The highest BCUT2D eigenvalue weighted by Gasteiger charge is 2.10. The summed E-state index contributed by atoms with van der Waals surface area (Å²) in [6.07, 6.45) is 3.27. The monoisotopic (exact) mass is 383 g/mol. The summed E-state index contributed by atoms with van der Waals surface area (Å²) in [5.41, 5.74) is 0.806. The highest BCUT2D eigenvalue weighted by atomic mass is 32.1. The summed E-state index contributed by atoms with van der Waals surface area (Å²) in [7, 11) is 0. The molecule has 0 saturated carbocycles. The van der Waals surface area contributed by atoms with Gasteiger partial charge in [0.2, 0.25) is 5.91 Å². The molecule has 0 unspecified atom stereocenters. The first kappa shape index (κ1) is 16.1. The Bertz CT molecular complexity index is 1000. The number of carbonyl (C=O) groups excluding carboxylic acids is 1. The SMILES string of the molecule is CC(=O)Nc1cnc(-c2ccc(-c3ccc(-c4cccs4)s3)s2)cn1. The molecule has 7 heteroatoms. The molecule has 124 valence electrons. The first-order valence-electron chi connectivity index (χ1n) is 7.53. The van der Waals surface area contributed by atoms with E-state index in [9.17, 15) is 4.79 Å². The largest absolute Gasteiger partial charge is 0.310 e. The van der Waals surface area contributed by atoms with Gasteiger partial charge in [0.05, 0.1) is 23.0 Å². The second-order valence-electron chi connectivity index (χ2n) is 5.27. The molecule has 4 heterocycles. The van der Waals surface area contributed by atoms with Crippen molar-refractivity contribution in [3.05, 3.63) is 54.2 Å². The molecule has 0 saturated heterocycles. The summed E-state index contributed by atoms with van der Waals surface area (Å²) < 4.78 is 0. The standard InChI is InChI=1S/C18H13N3OS3/c1-11(22)21-18-10-19-12(9-20-18)13-4-5-16(24-13)17-7-6-15(25-17)14-3-2-8-23-14/h2-10H,1H3,(H,20,21,22). The Kier molecular flexibility index (Phi) is 4.44. The first-order valence-corrected chi connectivity index (χ1v) is 10.0. The van der Waals surface area contributed by atoms with Gasteiger partial charge in [-0.3, -0.25) is 4.79 Å². The van der Waals surface area contributed by atoms with Crippen LogP contribution in [-0.4, -0.2) is 15.9 Å². The lowest BCUT2D eigenvalue weighted by Gasteiger charge is -2.01. The van der Waals surface area contributed by atoms with E-state index in [2.05, 4.69) is 57.1 Å². The van der Waals surface area contributed by atoms with Gasteiger partial charge in [-0.05, 0) is 35.7 Å². The van der Waals surface area contributed by atoms with E-state index in [0.29, 0.717) is 5.82 Å². The molecular formula is C18H13N3OS3. The first-order chi connectivity index (χ1) is 12.2. The number of amides is 1. The Hall–Kier alpha value is -2.35. The van der Waals surface area contributed by atoms with E-state index in [1.165, 1.54) is 26.4 Å². The van der Waals surface area contributed by atoms with Gasteiger partial charge in [0.1, 0.15) is 0 Å². The molecule has 0 atom stereocenters. The Labute approximate surface area is 156 Å². The van der Waals surface area contributed by atoms with Gasteiger partial charge in [0.15, 0.2) is 5.82 Å². The molecule has 4 nitrogen and oxygen atoms in total. The fourth-order valence-electron chi connectivity index (χ4n) is 2.33. The summed E-state index contributed by atoms with van der Waals surface area (Å²) in [4.78, 5) is 25.8. The summed E-state index contributed by atoms with van der Waals surface area (Å²) in [6.45, 7) is 1.45. The number of nitrogens with one attached hydrogen (secondary N) is 1. The van der Waals surface area contributed by atoms with E-state index in [-0.39, 0.29) is 5.91 Å². The van der Waals surface area contributed by atoms with E-state index < -0.39 is 0 Å². The average Bonchev–Trinajstić information content (AvgIpc) is 3.34. The molecule has 0 aliphatic rings. The molecule has 4 aromatic heterocycles. The third-order valence-corrected chi connectivity index (χ3v) is 6.88. The number of aromatic nitrogens is 2. The molecule has 4 rings (SSSR count). The summed E-state index contributed by atoms with van der Waals surface area (Å²) in [6, 6.07) is 12.7. The Balaban J connectivity index is 1.57. The van der Waals surface area contributed by atoms with Gasteiger partial charge in [-0.2, -0.15) is 0 Å². The van der Waals surface area contributed by atoms with Crippen molar-refractivity contribution >= 4 is 45.7 Å². The minimum atomic E-state index is -0.153. The van der Waals surface area contributed by atoms with Crippen molar-refractivity contribution in [2.75, 3.05) is 5.32 Å². The Morgan fingerprint density at radius 1 is 0.880 bits per heavy atom. The van der Waals surface area contributed by atoms with Crippen molar-refractivity contribution in [1.29, 1.82) is 0 Å². The third kappa shape index (κ3) is 3.53. The molecule has 25 heavy (non-hydrogen) atoms. The molecule has 0 aliphatic heterocycles. The zero-order chi connectivity index (χ0) is 17.2. The van der Waals surface area contributed by atoms with Crippen LogP contribution >= 0.6 is 34.0 Å². The molecule has 0 aromatic carbocycles. The highest BCUT2D eigenvalue weighted by molar-refractivity contribution is 7.27. The van der Waals surface area contributed by atoms with Gasteiger partial charge < -0.3 is 5.32 Å². The van der Waals surface area contributed by atoms with Crippen LogP contribution in [0.5, 0.6) is 0 Å². The molecule has 0 fully saturated rings. The number of carbonyl (C=O) groups is 1. The average molecular weight is 384 g/mol. The van der Waals surface area contributed by atoms with Crippen LogP contribution in [0.4, 0.5) is 5.82 Å². The molecule has 0 aliphatic carbocycles. The lowest BCUT2D eigenvalue weighted by atomic mass is 10.3. The number of rotatable bonds is 4. The van der Waals surface area contributed by atoms with Crippen LogP contribution in [-0.2, 0) is 4.79 Å². The minimum absolute atomic E-state index is 0.153. The van der Waals surface area contributed by atoms with Crippen molar-refractivity contribution in [3.8, 4) is 30.1 Å². The number of nitrogens with zero attached hydrogens (tertiary/aromatic N) is 2. The smallest absolute Gasteiger partial charge is 0.222 e. The van der Waals surface area contributed by atoms with E-state index >= 15 is 0 Å². The maximum Gasteiger partial charge on any atom is 0.222 e. The molecule has 0 spiro atoms. The number of hydrogen-bond donors (Lipinski definition) is 1. The summed E-state index contributed by atoms with van der Waals surface area (Å²) >= 11 is 5.25. The van der Waals surface area contributed by atoms with Gasteiger partial charge in [-0.25, -0.2) is 9.97 Å². The van der Waals surface area contributed by atoms with Crippen molar-refractivity contribution in [3.63, 3.8) is 0 Å². The molecular weight excluding hydrogens is 370 g/mol. The normalized spacial score (nSPS) is 10.8. The van der Waals surface area contributed by atoms with Crippen molar-refractivity contribution in [2.24, 2.45) is 0 Å². The van der Waals surface area contributed by atoms with Crippen LogP contribution in [0.15, 0.2) is 54.2 Å². The zero-order valence-corrected chi connectivity index (χ0v) is 15.7. The summed E-state index contributed by atoms with van der Waals surface area (Å²) in [5.74, 6) is 0.312. The second kappa shape index (κ2) is 6.87. The molecule has 1 amide bonds. The number of anilines is 1. The van der Waals surface area contributed by atoms with Gasteiger partial charge in [0, 0.05) is 26.4 Å². The maximum atomic E-state index is 11.0. The van der Waals surface area contributed by atoms with E-state index in [1.54, 1.807) is 46.4 Å². The van der Waals surface area contributed by atoms with Crippen LogP contribution in [0.25, 0.3) is 30.1 Å². The van der Waals surface area contributed by atoms with Gasteiger partial charge >= 0.3 is 0 Å². The Morgan fingerprint density at radius 2 is 1.56 bits per heavy atom. The second-order valence-corrected chi connectivity index (χ2v) is 8.39. The van der Waals surface area contributed by atoms with Gasteiger partial charge in [-0.1, -0.05) is 6.07 Å². The molecule has 0 radical (unpaired) electrons. The van der Waals surface area contributed by atoms with Crippen LogP contribution in [0.2, 0.25) is 0 Å². The lowest BCUT2D eigenvalue weighted by molar-refractivity contribution is -0.114. The number of thiophene rings is 3. The van der Waals surface area contributed by atoms with Crippen LogP contribution in [0.3, 0.4) is 0 Å². The quantitative estimate of drug-likeness (QED) is 0.497.